The molecule has 0 aliphatic carbocycles. The maximum atomic E-state index is 13.0. The van der Waals surface area contributed by atoms with E-state index in [1.165, 1.54) is 24.3 Å². The number of halogens is 1. The number of hydrogen-bond donors (Lipinski definition) is 1. The summed E-state index contributed by atoms with van der Waals surface area (Å²) in [6, 6.07) is 12.0. The lowest BCUT2D eigenvalue weighted by molar-refractivity contribution is -0.121. The van der Waals surface area contributed by atoms with E-state index in [2.05, 4.69) is 5.32 Å². The molecule has 1 atom stereocenters. The molecular formula is C19H23FN2O3S. The summed E-state index contributed by atoms with van der Waals surface area (Å²) in [5, 5.41) is 2.75. The second-order valence-corrected chi connectivity index (χ2v) is 8.02. The van der Waals surface area contributed by atoms with Crippen LogP contribution < -0.4 is 5.32 Å². The van der Waals surface area contributed by atoms with Crippen molar-refractivity contribution in [3.05, 3.63) is 65.5 Å². The highest BCUT2D eigenvalue weighted by Crippen LogP contribution is 2.17. The van der Waals surface area contributed by atoms with Crippen molar-refractivity contribution in [2.75, 3.05) is 13.1 Å². The first kappa shape index (κ1) is 20.1. The molecule has 0 radical (unpaired) electrons. The molecule has 0 aromatic heterocycles. The number of likely N-dealkylation sites (N-methyl/N-ethyl adjacent to an activating group) is 1. The Bertz CT molecular complexity index is 849. The fourth-order valence-electron chi connectivity index (χ4n) is 2.51. The molecule has 0 saturated heterocycles. The van der Waals surface area contributed by atoms with Gasteiger partial charge in [-0.05, 0) is 43.7 Å². The van der Waals surface area contributed by atoms with Gasteiger partial charge in [0.1, 0.15) is 5.82 Å². The summed E-state index contributed by atoms with van der Waals surface area (Å²) >= 11 is 0. The highest BCUT2D eigenvalue weighted by molar-refractivity contribution is 7.89. The molecule has 7 heteroatoms. The van der Waals surface area contributed by atoms with E-state index in [1.807, 2.05) is 6.92 Å². The first-order valence-corrected chi connectivity index (χ1v) is 9.79. The number of sulfonamides is 1. The Morgan fingerprint density at radius 1 is 1.12 bits per heavy atom. The van der Waals surface area contributed by atoms with Gasteiger partial charge in [-0.15, -0.1) is 0 Å². The van der Waals surface area contributed by atoms with Gasteiger partial charge in [0.2, 0.25) is 15.9 Å². The lowest BCUT2D eigenvalue weighted by Gasteiger charge is -2.22. The van der Waals surface area contributed by atoms with Gasteiger partial charge in [0, 0.05) is 6.54 Å². The maximum absolute atomic E-state index is 13.0. The molecule has 0 aliphatic heterocycles. The van der Waals surface area contributed by atoms with Crippen LogP contribution >= 0.6 is 0 Å². The average molecular weight is 378 g/mol. The van der Waals surface area contributed by atoms with Crippen LogP contribution in [0.25, 0.3) is 0 Å². The molecule has 2 aromatic carbocycles. The largest absolute Gasteiger partial charge is 0.348 e. The second-order valence-electron chi connectivity index (χ2n) is 6.09. The molecule has 26 heavy (non-hydrogen) atoms. The molecule has 0 bridgehead atoms. The Labute approximate surface area is 153 Å². The summed E-state index contributed by atoms with van der Waals surface area (Å²) in [6.45, 7) is 5.21. The molecule has 1 amide bonds. The predicted molar refractivity (Wildman–Crippen MR) is 98.6 cm³/mol. The van der Waals surface area contributed by atoms with E-state index in [0.717, 1.165) is 15.4 Å². The Morgan fingerprint density at radius 3 is 2.23 bits per heavy atom. The van der Waals surface area contributed by atoms with Crippen LogP contribution in [0.4, 0.5) is 4.39 Å². The van der Waals surface area contributed by atoms with Crippen LogP contribution in [0.3, 0.4) is 0 Å². The summed E-state index contributed by atoms with van der Waals surface area (Å²) in [7, 11) is -3.75. The minimum absolute atomic E-state index is 0.157. The summed E-state index contributed by atoms with van der Waals surface area (Å²) in [5.74, 6) is -0.770. The number of rotatable bonds is 7. The molecule has 0 heterocycles. The third-order valence-corrected chi connectivity index (χ3v) is 6.01. The molecule has 2 aromatic rings. The van der Waals surface area contributed by atoms with Crippen molar-refractivity contribution in [2.24, 2.45) is 0 Å². The number of carbonyl (C=O) groups is 1. The van der Waals surface area contributed by atoms with Crippen LogP contribution in [0.2, 0.25) is 0 Å². The fourth-order valence-corrected chi connectivity index (χ4v) is 3.91. The zero-order chi connectivity index (χ0) is 19.3. The Balaban J connectivity index is 2.07. The zero-order valence-electron chi connectivity index (χ0n) is 15.1. The lowest BCUT2D eigenvalue weighted by Crippen LogP contribution is -2.41. The molecule has 0 spiro atoms. The fraction of sp³-hybridized carbons (Fsp3) is 0.316. The van der Waals surface area contributed by atoms with Crippen molar-refractivity contribution < 1.29 is 17.6 Å². The van der Waals surface area contributed by atoms with E-state index in [0.29, 0.717) is 0 Å². The minimum atomic E-state index is -3.75. The van der Waals surface area contributed by atoms with Crippen molar-refractivity contribution in [1.29, 1.82) is 0 Å². The Hall–Kier alpha value is -2.25. The number of carbonyl (C=O) groups excluding carboxylic acids is 1. The topological polar surface area (TPSA) is 66.5 Å². The van der Waals surface area contributed by atoms with Gasteiger partial charge in [-0.1, -0.05) is 36.8 Å². The summed E-state index contributed by atoms with van der Waals surface area (Å²) < 4.78 is 39.5. The normalized spacial score (nSPS) is 12.8. The van der Waals surface area contributed by atoms with Gasteiger partial charge in [0.25, 0.3) is 0 Å². The lowest BCUT2D eigenvalue weighted by atomic mass is 10.1. The first-order valence-electron chi connectivity index (χ1n) is 8.35. The zero-order valence-corrected chi connectivity index (χ0v) is 15.9. The van der Waals surface area contributed by atoms with E-state index < -0.39 is 15.9 Å². The number of nitrogens with zero attached hydrogens (tertiary/aromatic N) is 1. The van der Waals surface area contributed by atoms with E-state index in [9.17, 15) is 17.6 Å². The quantitative estimate of drug-likeness (QED) is 0.805. The highest BCUT2D eigenvalue weighted by Gasteiger charge is 2.25. The monoisotopic (exact) mass is 378 g/mol. The molecule has 0 fully saturated rings. The number of hydrogen-bond acceptors (Lipinski definition) is 3. The summed E-state index contributed by atoms with van der Waals surface area (Å²) in [5.41, 5.74) is 1.70. The predicted octanol–water partition coefficient (Wildman–Crippen LogP) is 3.02. The molecule has 140 valence electrons. The Morgan fingerprint density at radius 2 is 1.69 bits per heavy atom. The maximum Gasteiger partial charge on any atom is 0.243 e. The molecule has 2 rings (SSSR count). The summed E-state index contributed by atoms with van der Waals surface area (Å²) in [6.07, 6.45) is 0. The van der Waals surface area contributed by atoms with Gasteiger partial charge < -0.3 is 5.32 Å². The van der Waals surface area contributed by atoms with E-state index >= 15 is 0 Å². The van der Waals surface area contributed by atoms with Crippen molar-refractivity contribution in [1.82, 2.24) is 9.62 Å². The van der Waals surface area contributed by atoms with E-state index in [4.69, 9.17) is 0 Å². The smallest absolute Gasteiger partial charge is 0.243 e. The van der Waals surface area contributed by atoms with Crippen LogP contribution in [0.1, 0.15) is 31.0 Å². The van der Waals surface area contributed by atoms with Crippen molar-refractivity contribution >= 4 is 15.9 Å². The molecular weight excluding hydrogens is 355 g/mol. The van der Waals surface area contributed by atoms with Gasteiger partial charge in [-0.25, -0.2) is 12.8 Å². The number of aryl methyl sites for hydroxylation is 1. The van der Waals surface area contributed by atoms with E-state index in [1.54, 1.807) is 38.1 Å². The highest BCUT2D eigenvalue weighted by atomic mass is 32.2. The van der Waals surface area contributed by atoms with Crippen molar-refractivity contribution in [3.63, 3.8) is 0 Å². The Kier molecular flexibility index (Phi) is 6.50. The van der Waals surface area contributed by atoms with Crippen LogP contribution in [0, 0.1) is 12.7 Å². The minimum Gasteiger partial charge on any atom is -0.348 e. The third kappa shape index (κ3) is 4.89. The molecule has 0 unspecified atom stereocenters. The number of amides is 1. The first-order chi connectivity index (χ1) is 12.2. The SMILES string of the molecule is CCN(CC(=O)N[C@@H](C)c1ccc(F)cc1)S(=O)(=O)c1ccc(C)cc1. The number of nitrogens with one attached hydrogen (secondary N) is 1. The molecule has 1 N–H and O–H groups in total. The van der Waals surface area contributed by atoms with Gasteiger partial charge in [0.15, 0.2) is 0 Å². The second kappa shape index (κ2) is 8.42. The van der Waals surface area contributed by atoms with Crippen molar-refractivity contribution in [2.45, 2.75) is 31.7 Å². The summed E-state index contributed by atoms with van der Waals surface area (Å²) in [4.78, 5) is 12.5. The molecule has 0 aliphatic rings. The van der Waals surface area contributed by atoms with Gasteiger partial charge in [0.05, 0.1) is 17.5 Å². The van der Waals surface area contributed by atoms with Gasteiger partial charge in [-0.2, -0.15) is 4.31 Å². The van der Waals surface area contributed by atoms with Gasteiger partial charge >= 0.3 is 0 Å². The molecule has 5 nitrogen and oxygen atoms in total. The van der Waals surface area contributed by atoms with E-state index in [-0.39, 0.29) is 29.8 Å². The number of benzene rings is 2. The van der Waals surface area contributed by atoms with Crippen LogP contribution in [-0.4, -0.2) is 31.7 Å². The van der Waals surface area contributed by atoms with Crippen LogP contribution in [0.5, 0.6) is 0 Å². The van der Waals surface area contributed by atoms with Crippen LogP contribution in [-0.2, 0) is 14.8 Å². The van der Waals surface area contributed by atoms with Crippen molar-refractivity contribution in [3.8, 4) is 0 Å². The standard InChI is InChI=1S/C19H23FN2O3S/c1-4-22(26(24,25)18-11-5-14(2)6-12-18)13-19(23)21-15(3)16-7-9-17(20)10-8-16/h5-12,15H,4,13H2,1-3H3,(H,21,23)/t15-/m0/s1. The average Bonchev–Trinajstić information content (AvgIpc) is 2.60. The van der Waals surface area contributed by atoms with Crippen LogP contribution in [0.15, 0.2) is 53.4 Å². The van der Waals surface area contributed by atoms with Gasteiger partial charge in [-0.3, -0.25) is 4.79 Å². The third-order valence-electron chi connectivity index (χ3n) is 4.08. The molecule has 0 saturated carbocycles.